The third-order valence-corrected chi connectivity index (χ3v) is 2.87. The second-order valence-electron chi connectivity index (χ2n) is 3.25. The number of H-pyrrole nitrogens is 1. The highest BCUT2D eigenvalue weighted by Crippen LogP contribution is 2.24. The minimum Gasteiger partial charge on any atom is -0.330 e. The van der Waals surface area contributed by atoms with Crippen molar-refractivity contribution in [3.05, 3.63) is 45.3 Å². The van der Waals surface area contributed by atoms with Gasteiger partial charge in [0.15, 0.2) is 4.77 Å². The number of nitrogens with one attached hydrogen (secondary N) is 1. The summed E-state index contributed by atoms with van der Waals surface area (Å²) in [6.45, 7) is 2.07. The SMILES string of the molecule is Cc1ccc(Br)cc1-c1ccnc(=S)[nH]1. The van der Waals surface area contributed by atoms with Crippen LogP contribution in [0.15, 0.2) is 34.9 Å². The van der Waals surface area contributed by atoms with Crippen molar-refractivity contribution in [2.45, 2.75) is 6.92 Å². The predicted octanol–water partition coefficient (Wildman–Crippen LogP) is 3.88. The molecule has 0 saturated heterocycles. The van der Waals surface area contributed by atoms with Gasteiger partial charge in [-0.05, 0) is 42.9 Å². The van der Waals surface area contributed by atoms with E-state index in [4.69, 9.17) is 12.2 Å². The Labute approximate surface area is 102 Å². The fraction of sp³-hybridized carbons (Fsp3) is 0.0909. The molecule has 2 aromatic rings. The van der Waals surface area contributed by atoms with Gasteiger partial charge >= 0.3 is 0 Å². The lowest BCUT2D eigenvalue weighted by molar-refractivity contribution is 1.13. The maximum atomic E-state index is 5.00. The van der Waals surface area contributed by atoms with Gasteiger partial charge < -0.3 is 4.98 Å². The van der Waals surface area contributed by atoms with Crippen LogP contribution in [0.3, 0.4) is 0 Å². The second kappa shape index (κ2) is 4.24. The Hall–Kier alpha value is -1.00. The topological polar surface area (TPSA) is 28.7 Å². The summed E-state index contributed by atoms with van der Waals surface area (Å²) in [4.78, 5) is 7.04. The Morgan fingerprint density at radius 2 is 2.13 bits per heavy atom. The van der Waals surface area contributed by atoms with Crippen LogP contribution in [0, 0.1) is 11.7 Å². The van der Waals surface area contributed by atoms with Gasteiger partial charge in [-0.25, -0.2) is 4.98 Å². The van der Waals surface area contributed by atoms with Gasteiger partial charge in [0, 0.05) is 21.9 Å². The molecule has 0 aliphatic rings. The normalized spacial score (nSPS) is 10.3. The van der Waals surface area contributed by atoms with Crippen LogP contribution in [0.2, 0.25) is 0 Å². The summed E-state index contributed by atoms with van der Waals surface area (Å²) < 4.78 is 1.56. The molecule has 15 heavy (non-hydrogen) atoms. The number of aryl methyl sites for hydroxylation is 1. The summed E-state index contributed by atoms with van der Waals surface area (Å²) in [6, 6.07) is 8.08. The molecule has 2 rings (SSSR count). The van der Waals surface area contributed by atoms with Gasteiger partial charge in [-0.15, -0.1) is 0 Å². The summed E-state index contributed by atoms with van der Waals surface area (Å²) in [5, 5.41) is 0. The number of hydrogen-bond acceptors (Lipinski definition) is 2. The standard InChI is InChI=1S/C11H9BrN2S/c1-7-2-3-8(12)6-9(7)10-4-5-13-11(15)14-10/h2-6H,1H3,(H,13,14,15). The molecule has 0 fully saturated rings. The van der Waals surface area contributed by atoms with E-state index in [1.165, 1.54) is 5.56 Å². The maximum absolute atomic E-state index is 5.00. The van der Waals surface area contributed by atoms with E-state index in [0.717, 1.165) is 15.7 Å². The van der Waals surface area contributed by atoms with Gasteiger partial charge in [0.1, 0.15) is 0 Å². The van der Waals surface area contributed by atoms with Gasteiger partial charge in [0.2, 0.25) is 0 Å². The van der Waals surface area contributed by atoms with Crippen molar-refractivity contribution >= 4 is 28.1 Å². The van der Waals surface area contributed by atoms with Crippen molar-refractivity contribution in [3.8, 4) is 11.3 Å². The van der Waals surface area contributed by atoms with Crippen molar-refractivity contribution in [3.63, 3.8) is 0 Å². The number of rotatable bonds is 1. The van der Waals surface area contributed by atoms with Crippen LogP contribution in [-0.2, 0) is 0 Å². The first-order valence-electron chi connectivity index (χ1n) is 4.48. The molecule has 0 bridgehead atoms. The average molecular weight is 281 g/mol. The molecule has 0 aliphatic carbocycles. The second-order valence-corrected chi connectivity index (χ2v) is 4.55. The van der Waals surface area contributed by atoms with Gasteiger partial charge in [-0.3, -0.25) is 0 Å². The molecule has 76 valence electrons. The number of benzene rings is 1. The first-order valence-corrected chi connectivity index (χ1v) is 5.69. The largest absolute Gasteiger partial charge is 0.330 e. The van der Waals surface area contributed by atoms with Crippen LogP contribution in [0.1, 0.15) is 5.56 Å². The van der Waals surface area contributed by atoms with E-state index in [1.54, 1.807) is 6.20 Å². The first kappa shape index (κ1) is 10.5. The number of hydrogen-bond donors (Lipinski definition) is 1. The Morgan fingerprint density at radius 1 is 1.33 bits per heavy atom. The van der Waals surface area contributed by atoms with E-state index in [1.807, 2.05) is 12.1 Å². The Bertz CT molecular complexity index is 548. The zero-order valence-electron chi connectivity index (χ0n) is 8.12. The molecule has 0 radical (unpaired) electrons. The van der Waals surface area contributed by atoms with Gasteiger partial charge in [-0.1, -0.05) is 22.0 Å². The highest BCUT2D eigenvalue weighted by molar-refractivity contribution is 9.10. The summed E-state index contributed by atoms with van der Waals surface area (Å²) in [6.07, 6.45) is 1.72. The highest BCUT2D eigenvalue weighted by Gasteiger charge is 2.02. The Morgan fingerprint density at radius 3 is 2.87 bits per heavy atom. The fourth-order valence-electron chi connectivity index (χ4n) is 1.41. The number of nitrogens with zero attached hydrogens (tertiary/aromatic N) is 1. The monoisotopic (exact) mass is 280 g/mol. The van der Waals surface area contributed by atoms with E-state index in [-0.39, 0.29) is 0 Å². The molecule has 0 spiro atoms. The van der Waals surface area contributed by atoms with Crippen molar-refractivity contribution < 1.29 is 0 Å². The van der Waals surface area contributed by atoms with Crippen molar-refractivity contribution in [1.29, 1.82) is 0 Å². The maximum Gasteiger partial charge on any atom is 0.197 e. The molecular weight excluding hydrogens is 272 g/mol. The molecular formula is C11H9BrN2S. The van der Waals surface area contributed by atoms with Crippen molar-refractivity contribution in [1.82, 2.24) is 9.97 Å². The molecule has 1 heterocycles. The molecule has 2 nitrogen and oxygen atoms in total. The molecule has 1 aromatic carbocycles. The van der Waals surface area contributed by atoms with Crippen LogP contribution in [0.4, 0.5) is 0 Å². The Kier molecular flexibility index (Phi) is 2.98. The first-order chi connectivity index (χ1) is 7.16. The Balaban J connectivity index is 2.63. The highest BCUT2D eigenvalue weighted by atomic mass is 79.9. The summed E-state index contributed by atoms with van der Waals surface area (Å²) in [5.41, 5.74) is 3.33. The van der Waals surface area contributed by atoms with Crippen LogP contribution in [0.25, 0.3) is 11.3 Å². The van der Waals surface area contributed by atoms with Crippen LogP contribution in [0.5, 0.6) is 0 Å². The molecule has 0 atom stereocenters. The summed E-state index contributed by atoms with van der Waals surface area (Å²) in [7, 11) is 0. The summed E-state index contributed by atoms with van der Waals surface area (Å²) in [5.74, 6) is 0. The van der Waals surface area contributed by atoms with E-state index in [9.17, 15) is 0 Å². The number of aromatic amines is 1. The van der Waals surface area contributed by atoms with E-state index >= 15 is 0 Å². The minimum atomic E-state index is 0.506. The third kappa shape index (κ3) is 2.33. The van der Waals surface area contributed by atoms with Crippen LogP contribution in [-0.4, -0.2) is 9.97 Å². The van der Waals surface area contributed by atoms with Crippen LogP contribution >= 0.6 is 28.1 Å². The smallest absolute Gasteiger partial charge is 0.197 e. The molecule has 0 saturated carbocycles. The zero-order chi connectivity index (χ0) is 10.8. The van der Waals surface area contributed by atoms with Crippen molar-refractivity contribution in [2.24, 2.45) is 0 Å². The van der Waals surface area contributed by atoms with Gasteiger partial charge in [-0.2, -0.15) is 0 Å². The van der Waals surface area contributed by atoms with Crippen molar-refractivity contribution in [2.75, 3.05) is 0 Å². The third-order valence-electron chi connectivity index (χ3n) is 2.16. The lowest BCUT2D eigenvalue weighted by atomic mass is 10.1. The molecule has 1 N–H and O–H groups in total. The lowest BCUT2D eigenvalue weighted by Gasteiger charge is -2.06. The minimum absolute atomic E-state index is 0.506. The summed E-state index contributed by atoms with van der Waals surface area (Å²) >= 11 is 8.45. The van der Waals surface area contributed by atoms with Gasteiger partial charge in [0.05, 0.1) is 0 Å². The molecule has 0 unspecified atom stereocenters. The number of aromatic nitrogens is 2. The van der Waals surface area contributed by atoms with Gasteiger partial charge in [0.25, 0.3) is 0 Å². The van der Waals surface area contributed by atoms with E-state index < -0.39 is 0 Å². The molecule has 4 heteroatoms. The average Bonchev–Trinajstić information content (AvgIpc) is 2.22. The molecule has 0 amide bonds. The lowest BCUT2D eigenvalue weighted by Crippen LogP contribution is -1.89. The molecule has 1 aromatic heterocycles. The molecule has 0 aliphatic heterocycles. The van der Waals surface area contributed by atoms with E-state index in [2.05, 4.69) is 45.0 Å². The van der Waals surface area contributed by atoms with E-state index in [0.29, 0.717) is 4.77 Å². The number of halogens is 1. The quantitative estimate of drug-likeness (QED) is 0.804. The fourth-order valence-corrected chi connectivity index (χ4v) is 1.94. The van der Waals surface area contributed by atoms with Crippen LogP contribution < -0.4 is 0 Å². The zero-order valence-corrected chi connectivity index (χ0v) is 10.5. The predicted molar refractivity (Wildman–Crippen MR) is 67.3 cm³/mol.